The number of nitrogens with zero attached hydrogens (tertiary/aromatic N) is 4. The monoisotopic (exact) mass is 598 g/mol. The van der Waals surface area contributed by atoms with Gasteiger partial charge in [-0.05, 0) is 48.4 Å². The molecule has 1 aromatic heterocycles. The lowest BCUT2D eigenvalue weighted by Gasteiger charge is -2.14. The van der Waals surface area contributed by atoms with Crippen molar-refractivity contribution in [3.8, 4) is 11.5 Å². The Balaban J connectivity index is 1.76. The first-order valence-electron chi connectivity index (χ1n) is 11.7. The zero-order valence-corrected chi connectivity index (χ0v) is 23.2. The highest BCUT2D eigenvalue weighted by molar-refractivity contribution is 9.10. The van der Waals surface area contributed by atoms with E-state index >= 15 is 0 Å². The van der Waals surface area contributed by atoms with E-state index in [1.807, 2.05) is 19.9 Å². The maximum atomic E-state index is 13.4. The summed E-state index contributed by atoms with van der Waals surface area (Å²) in [5.74, 6) is 0.581. The van der Waals surface area contributed by atoms with E-state index in [-0.39, 0.29) is 35.3 Å². The first-order chi connectivity index (χ1) is 18.2. The van der Waals surface area contributed by atoms with Gasteiger partial charge in [0.05, 0.1) is 29.2 Å². The van der Waals surface area contributed by atoms with Crippen molar-refractivity contribution in [2.24, 2.45) is 5.10 Å². The van der Waals surface area contributed by atoms with E-state index in [2.05, 4.69) is 26.0 Å². The van der Waals surface area contributed by atoms with Crippen LogP contribution in [-0.2, 0) is 6.61 Å². The fraction of sp³-hybridized carbons (Fsp3) is 0.222. The van der Waals surface area contributed by atoms with Gasteiger partial charge in [0.25, 0.3) is 5.56 Å². The number of halogens is 2. The zero-order valence-electron chi connectivity index (χ0n) is 20.9. The molecule has 196 valence electrons. The molecule has 0 N–H and O–H groups in total. The molecule has 0 aliphatic heterocycles. The van der Waals surface area contributed by atoms with E-state index in [1.165, 1.54) is 24.1 Å². The fourth-order valence-corrected chi connectivity index (χ4v) is 4.24. The Morgan fingerprint density at radius 1 is 1.21 bits per heavy atom. The van der Waals surface area contributed by atoms with Crippen LogP contribution in [0.1, 0.15) is 43.1 Å². The molecule has 0 amide bonds. The van der Waals surface area contributed by atoms with Gasteiger partial charge in [0.2, 0.25) is 5.75 Å². The van der Waals surface area contributed by atoms with Gasteiger partial charge in [-0.25, -0.2) is 4.98 Å². The Morgan fingerprint density at radius 3 is 2.61 bits per heavy atom. The molecule has 4 rings (SSSR count). The van der Waals surface area contributed by atoms with E-state index < -0.39 is 4.92 Å². The minimum Gasteiger partial charge on any atom is -0.493 e. The average Bonchev–Trinajstić information content (AvgIpc) is 2.91. The molecule has 0 saturated carbocycles. The summed E-state index contributed by atoms with van der Waals surface area (Å²) in [6, 6.07) is 15.1. The van der Waals surface area contributed by atoms with E-state index in [0.717, 1.165) is 16.5 Å². The van der Waals surface area contributed by atoms with Gasteiger partial charge in [0.15, 0.2) is 5.75 Å². The molecule has 0 radical (unpaired) electrons. The third-order valence-electron chi connectivity index (χ3n) is 5.98. The summed E-state index contributed by atoms with van der Waals surface area (Å²) in [7, 11) is 1.39. The number of nitro groups is 1. The van der Waals surface area contributed by atoms with Crippen LogP contribution < -0.4 is 15.0 Å². The lowest BCUT2D eigenvalue weighted by atomic mass is 10.1. The number of methoxy groups -OCH3 is 1. The Labute approximate surface area is 232 Å². The Kier molecular flexibility index (Phi) is 8.43. The average molecular weight is 600 g/mol. The van der Waals surface area contributed by atoms with Gasteiger partial charge in [-0.3, -0.25) is 14.9 Å². The molecule has 4 aromatic rings. The minimum absolute atomic E-state index is 0.0146. The minimum atomic E-state index is -0.553. The van der Waals surface area contributed by atoms with Crippen molar-refractivity contribution in [1.29, 1.82) is 0 Å². The Bertz CT molecular complexity index is 1590. The molecular formula is C27H24BrClN4O5. The van der Waals surface area contributed by atoms with Crippen molar-refractivity contribution in [2.75, 3.05) is 7.11 Å². The zero-order chi connectivity index (χ0) is 27.4. The van der Waals surface area contributed by atoms with Crippen LogP contribution >= 0.6 is 27.5 Å². The standard InChI is InChI=1S/C27H24BrClN4O5/c1-4-16(2)26-31-22-10-7-19(28)13-21(22)27(34)32(26)30-14-18-11-23(33(35)36)25(24(12-18)37-3)38-15-17-5-8-20(29)9-6-17/h5-14,16H,4,15H2,1-3H3/t16-/m0/s1. The second kappa shape index (κ2) is 11.7. The Hall–Kier alpha value is -3.76. The molecule has 0 fully saturated rings. The summed E-state index contributed by atoms with van der Waals surface area (Å²) in [4.78, 5) is 29.4. The SMILES string of the molecule is CC[C@H](C)c1nc2ccc(Br)cc2c(=O)n1N=Cc1cc(OC)c(OCc2ccc(Cl)cc2)c([N+](=O)[O-])c1. The van der Waals surface area contributed by atoms with E-state index in [9.17, 15) is 14.9 Å². The van der Waals surface area contributed by atoms with E-state index in [4.69, 9.17) is 21.1 Å². The molecule has 0 aliphatic carbocycles. The molecule has 9 nitrogen and oxygen atoms in total. The van der Waals surface area contributed by atoms with Gasteiger partial charge in [-0.1, -0.05) is 53.5 Å². The number of rotatable bonds is 9. The van der Waals surface area contributed by atoms with Crippen molar-refractivity contribution >= 4 is 50.3 Å². The van der Waals surface area contributed by atoms with Gasteiger partial charge >= 0.3 is 5.69 Å². The van der Waals surface area contributed by atoms with Gasteiger partial charge in [0, 0.05) is 27.0 Å². The summed E-state index contributed by atoms with van der Waals surface area (Å²) in [6.07, 6.45) is 2.11. The van der Waals surface area contributed by atoms with Crippen molar-refractivity contribution in [3.63, 3.8) is 0 Å². The fourth-order valence-electron chi connectivity index (χ4n) is 3.75. The molecule has 3 aromatic carbocycles. The molecular weight excluding hydrogens is 576 g/mol. The molecule has 38 heavy (non-hydrogen) atoms. The molecule has 0 unspecified atom stereocenters. The second-order valence-corrected chi connectivity index (χ2v) is 9.90. The van der Waals surface area contributed by atoms with E-state index in [1.54, 1.807) is 42.5 Å². The van der Waals surface area contributed by atoms with Crippen LogP contribution in [0.5, 0.6) is 11.5 Å². The topological polar surface area (TPSA) is 109 Å². The summed E-state index contributed by atoms with van der Waals surface area (Å²) >= 11 is 9.32. The number of nitro benzene ring substituents is 1. The van der Waals surface area contributed by atoms with Crippen molar-refractivity contribution in [1.82, 2.24) is 9.66 Å². The van der Waals surface area contributed by atoms with Crippen LogP contribution in [0.3, 0.4) is 0 Å². The van der Waals surface area contributed by atoms with Crippen LogP contribution in [0.2, 0.25) is 5.02 Å². The number of ether oxygens (including phenoxy) is 2. The lowest BCUT2D eigenvalue weighted by Crippen LogP contribution is -2.23. The predicted molar refractivity (Wildman–Crippen MR) is 151 cm³/mol. The van der Waals surface area contributed by atoms with Crippen molar-refractivity contribution in [3.05, 3.63) is 102 Å². The third-order valence-corrected chi connectivity index (χ3v) is 6.72. The summed E-state index contributed by atoms with van der Waals surface area (Å²) in [5.41, 5.74) is 1.06. The van der Waals surface area contributed by atoms with Gasteiger partial charge in [0.1, 0.15) is 12.4 Å². The lowest BCUT2D eigenvalue weighted by molar-refractivity contribution is -0.386. The molecule has 0 aliphatic rings. The maximum absolute atomic E-state index is 13.4. The first kappa shape index (κ1) is 27.3. The molecule has 0 bridgehead atoms. The van der Waals surface area contributed by atoms with Crippen LogP contribution in [0.25, 0.3) is 10.9 Å². The molecule has 1 atom stereocenters. The van der Waals surface area contributed by atoms with Crippen molar-refractivity contribution < 1.29 is 14.4 Å². The summed E-state index contributed by atoms with van der Waals surface area (Å²) < 4.78 is 13.2. The number of hydrogen-bond acceptors (Lipinski definition) is 7. The highest BCUT2D eigenvalue weighted by Crippen LogP contribution is 2.38. The molecule has 0 saturated heterocycles. The number of benzene rings is 3. The largest absolute Gasteiger partial charge is 0.493 e. The number of aromatic nitrogens is 2. The predicted octanol–water partition coefficient (Wildman–Crippen LogP) is 6.70. The first-order valence-corrected chi connectivity index (χ1v) is 12.9. The smallest absolute Gasteiger partial charge is 0.315 e. The third kappa shape index (κ3) is 5.87. The van der Waals surface area contributed by atoms with Crippen LogP contribution in [0, 0.1) is 10.1 Å². The van der Waals surface area contributed by atoms with Gasteiger partial charge < -0.3 is 9.47 Å². The van der Waals surface area contributed by atoms with Gasteiger partial charge in [-0.15, -0.1) is 0 Å². The molecule has 1 heterocycles. The van der Waals surface area contributed by atoms with Gasteiger partial charge in [-0.2, -0.15) is 9.78 Å². The second-order valence-electron chi connectivity index (χ2n) is 8.55. The van der Waals surface area contributed by atoms with Crippen LogP contribution in [-0.4, -0.2) is 27.9 Å². The quantitative estimate of drug-likeness (QED) is 0.120. The van der Waals surface area contributed by atoms with Crippen LogP contribution in [0.4, 0.5) is 5.69 Å². The molecule has 11 heteroatoms. The number of fused-ring (bicyclic) bond motifs is 1. The van der Waals surface area contributed by atoms with Crippen LogP contribution in [0.15, 0.2) is 69.0 Å². The Morgan fingerprint density at radius 2 is 1.95 bits per heavy atom. The highest BCUT2D eigenvalue weighted by Gasteiger charge is 2.23. The molecule has 0 spiro atoms. The summed E-state index contributed by atoms with van der Waals surface area (Å²) in [5, 5.41) is 17.3. The normalized spacial score (nSPS) is 12.1. The summed E-state index contributed by atoms with van der Waals surface area (Å²) in [6.45, 7) is 4.03. The maximum Gasteiger partial charge on any atom is 0.315 e. The van der Waals surface area contributed by atoms with Crippen molar-refractivity contribution in [2.45, 2.75) is 32.8 Å². The highest BCUT2D eigenvalue weighted by atomic mass is 79.9. The van der Waals surface area contributed by atoms with E-state index in [0.29, 0.717) is 27.3 Å². The number of hydrogen-bond donors (Lipinski definition) is 0.